The van der Waals surface area contributed by atoms with Gasteiger partial charge in [-0.3, -0.25) is 10.1 Å². The molecule has 1 heterocycles. The van der Waals surface area contributed by atoms with Gasteiger partial charge < -0.3 is 4.74 Å². The molecule has 0 saturated heterocycles. The average Bonchev–Trinajstić information content (AvgIpc) is 2.03. The Morgan fingerprint density at radius 3 is 2.92 bits per heavy atom. The van der Waals surface area contributed by atoms with E-state index in [1.54, 1.807) is 0 Å². The summed E-state index contributed by atoms with van der Waals surface area (Å²) in [6.07, 6.45) is 0.814. The molecule has 0 aliphatic heterocycles. The van der Waals surface area contributed by atoms with Gasteiger partial charge in [0.2, 0.25) is 11.7 Å². The molecule has 0 bridgehead atoms. The molecular weight excluding hydrogens is 167 g/mol. The first kappa shape index (κ1) is 8.38. The first-order valence-electron chi connectivity index (χ1n) is 2.99. The van der Waals surface area contributed by atoms with Crippen LogP contribution in [0.5, 0.6) is 5.75 Å². The van der Waals surface area contributed by atoms with Crippen molar-refractivity contribution in [3.05, 3.63) is 28.3 Å². The maximum atomic E-state index is 12.4. The topological polar surface area (TPSA) is 65.3 Å². The van der Waals surface area contributed by atoms with Gasteiger partial charge in [-0.1, -0.05) is 0 Å². The second-order valence-electron chi connectivity index (χ2n) is 1.94. The van der Waals surface area contributed by atoms with Gasteiger partial charge in [0.25, 0.3) is 0 Å². The Morgan fingerprint density at radius 1 is 1.75 bits per heavy atom. The second kappa shape index (κ2) is 3.12. The number of hydrogen-bond donors (Lipinski definition) is 0. The molecule has 0 atom stereocenters. The first-order chi connectivity index (χ1) is 5.65. The van der Waals surface area contributed by atoms with Crippen molar-refractivity contribution in [2.45, 2.75) is 0 Å². The fraction of sp³-hybridized carbons (Fsp3) is 0.167. The molecule has 5 nitrogen and oxygen atoms in total. The third-order valence-corrected chi connectivity index (χ3v) is 1.23. The number of nitrogens with zero attached hydrogens (tertiary/aromatic N) is 2. The zero-order valence-corrected chi connectivity index (χ0v) is 6.15. The van der Waals surface area contributed by atoms with Crippen LogP contribution in [0.15, 0.2) is 12.3 Å². The van der Waals surface area contributed by atoms with Crippen LogP contribution >= 0.6 is 0 Å². The quantitative estimate of drug-likeness (QED) is 0.381. The molecule has 0 amide bonds. The van der Waals surface area contributed by atoms with Crippen molar-refractivity contribution in [1.29, 1.82) is 0 Å². The largest absolute Gasteiger partial charge is 0.490 e. The summed E-state index contributed by atoms with van der Waals surface area (Å²) in [5.74, 6) is -0.940. The van der Waals surface area contributed by atoms with Gasteiger partial charge in [0.05, 0.1) is 12.0 Å². The summed E-state index contributed by atoms with van der Waals surface area (Å²) in [5, 5.41) is 10.3. The number of aromatic nitrogens is 1. The summed E-state index contributed by atoms with van der Waals surface area (Å²) in [4.78, 5) is 12.7. The van der Waals surface area contributed by atoms with Crippen LogP contribution < -0.4 is 4.74 Å². The zero-order chi connectivity index (χ0) is 9.14. The SMILES string of the molecule is COc1cc(F)ncc1[N+](=O)[O-]. The molecule has 0 radical (unpaired) electrons. The maximum absolute atomic E-state index is 12.4. The smallest absolute Gasteiger partial charge is 0.329 e. The van der Waals surface area contributed by atoms with Crippen molar-refractivity contribution in [3.8, 4) is 5.75 Å². The van der Waals surface area contributed by atoms with Crippen LogP contribution in [0.1, 0.15) is 0 Å². The Morgan fingerprint density at radius 2 is 2.42 bits per heavy atom. The number of methoxy groups -OCH3 is 1. The number of nitro groups is 1. The molecule has 0 spiro atoms. The molecule has 0 aliphatic rings. The van der Waals surface area contributed by atoms with Gasteiger partial charge in [-0.25, -0.2) is 4.98 Å². The minimum atomic E-state index is -0.808. The molecule has 1 aromatic heterocycles. The minimum absolute atomic E-state index is 0.132. The standard InChI is InChI=1S/C6H5FN2O3/c1-12-5-2-6(7)8-3-4(5)9(10)11/h2-3H,1H3. The third kappa shape index (κ3) is 1.47. The van der Waals surface area contributed by atoms with Crippen molar-refractivity contribution >= 4 is 5.69 Å². The van der Waals surface area contributed by atoms with Crippen molar-refractivity contribution in [2.24, 2.45) is 0 Å². The Balaban J connectivity index is 3.20. The first-order valence-corrected chi connectivity index (χ1v) is 2.99. The maximum Gasteiger partial charge on any atom is 0.329 e. The highest BCUT2D eigenvalue weighted by Crippen LogP contribution is 2.24. The summed E-state index contributed by atoms with van der Waals surface area (Å²) in [5.41, 5.74) is -0.348. The molecule has 64 valence electrons. The fourth-order valence-corrected chi connectivity index (χ4v) is 0.706. The zero-order valence-electron chi connectivity index (χ0n) is 6.15. The summed E-state index contributed by atoms with van der Waals surface area (Å²) < 4.78 is 16.9. The number of pyridine rings is 1. The van der Waals surface area contributed by atoms with Crippen LogP contribution in [0.3, 0.4) is 0 Å². The Hall–Kier alpha value is -1.72. The molecule has 0 fully saturated rings. The lowest BCUT2D eigenvalue weighted by molar-refractivity contribution is -0.386. The van der Waals surface area contributed by atoms with Crippen LogP contribution in [0.4, 0.5) is 10.1 Å². The highest BCUT2D eigenvalue weighted by atomic mass is 19.1. The van der Waals surface area contributed by atoms with Gasteiger partial charge in [-0.15, -0.1) is 0 Å². The predicted molar refractivity (Wildman–Crippen MR) is 37.4 cm³/mol. The van der Waals surface area contributed by atoms with Crippen molar-refractivity contribution in [3.63, 3.8) is 0 Å². The molecule has 0 unspecified atom stereocenters. The van der Waals surface area contributed by atoms with E-state index in [-0.39, 0.29) is 11.4 Å². The fourth-order valence-electron chi connectivity index (χ4n) is 0.706. The van der Waals surface area contributed by atoms with Crippen LogP contribution in [-0.4, -0.2) is 17.0 Å². The molecule has 0 N–H and O–H groups in total. The third-order valence-electron chi connectivity index (χ3n) is 1.23. The molecule has 0 aliphatic carbocycles. The molecule has 0 aromatic carbocycles. The Labute approximate surface area is 66.9 Å². The second-order valence-corrected chi connectivity index (χ2v) is 1.94. The average molecular weight is 172 g/mol. The van der Waals surface area contributed by atoms with Crippen LogP contribution in [-0.2, 0) is 0 Å². The summed E-state index contributed by atoms with van der Waals surface area (Å²) in [6.45, 7) is 0. The van der Waals surface area contributed by atoms with Crippen molar-refractivity contribution in [2.75, 3.05) is 7.11 Å². The van der Waals surface area contributed by atoms with Crippen LogP contribution in [0.25, 0.3) is 0 Å². The van der Waals surface area contributed by atoms with Gasteiger partial charge in [0, 0.05) is 6.07 Å². The van der Waals surface area contributed by atoms with E-state index in [2.05, 4.69) is 9.72 Å². The summed E-state index contributed by atoms with van der Waals surface area (Å²) in [7, 11) is 1.22. The van der Waals surface area contributed by atoms with Crippen molar-refractivity contribution < 1.29 is 14.1 Å². The lowest BCUT2D eigenvalue weighted by Gasteiger charge is -1.99. The monoisotopic (exact) mass is 172 g/mol. The molecule has 6 heteroatoms. The number of hydrogen-bond acceptors (Lipinski definition) is 4. The van der Waals surface area contributed by atoms with Gasteiger partial charge in [0.15, 0.2) is 0 Å². The summed E-state index contributed by atoms with van der Waals surface area (Å²) >= 11 is 0. The van der Waals surface area contributed by atoms with E-state index >= 15 is 0 Å². The number of ether oxygens (including phenoxy) is 1. The van der Waals surface area contributed by atoms with Gasteiger partial charge in [-0.2, -0.15) is 4.39 Å². The molecule has 12 heavy (non-hydrogen) atoms. The van der Waals surface area contributed by atoms with E-state index < -0.39 is 10.9 Å². The lowest BCUT2D eigenvalue weighted by atomic mass is 10.4. The molecule has 1 rings (SSSR count). The van der Waals surface area contributed by atoms with Gasteiger partial charge >= 0.3 is 5.69 Å². The minimum Gasteiger partial charge on any atom is -0.490 e. The van der Waals surface area contributed by atoms with E-state index in [0.717, 1.165) is 12.3 Å². The Bertz CT molecular complexity index is 316. The van der Waals surface area contributed by atoms with E-state index in [1.165, 1.54) is 7.11 Å². The summed E-state index contributed by atoms with van der Waals surface area (Å²) in [6, 6.07) is 0.859. The molecule has 1 aromatic rings. The van der Waals surface area contributed by atoms with Gasteiger partial charge in [-0.05, 0) is 0 Å². The van der Waals surface area contributed by atoms with Crippen molar-refractivity contribution in [1.82, 2.24) is 4.98 Å². The molecular formula is C6H5FN2O3. The van der Waals surface area contributed by atoms with Crippen LogP contribution in [0, 0.1) is 16.1 Å². The normalized spacial score (nSPS) is 9.50. The number of halogens is 1. The van der Waals surface area contributed by atoms with E-state index in [9.17, 15) is 14.5 Å². The number of rotatable bonds is 2. The van der Waals surface area contributed by atoms with Crippen LogP contribution in [0.2, 0.25) is 0 Å². The van der Waals surface area contributed by atoms with Gasteiger partial charge in [0.1, 0.15) is 6.20 Å². The molecule has 0 saturated carbocycles. The van der Waals surface area contributed by atoms with E-state index in [1.807, 2.05) is 0 Å². The highest BCUT2D eigenvalue weighted by molar-refractivity contribution is 5.43. The Kier molecular flexibility index (Phi) is 2.18. The lowest BCUT2D eigenvalue weighted by Crippen LogP contribution is -1.95. The van der Waals surface area contributed by atoms with E-state index in [4.69, 9.17) is 0 Å². The van der Waals surface area contributed by atoms with E-state index in [0.29, 0.717) is 0 Å². The highest BCUT2D eigenvalue weighted by Gasteiger charge is 2.15. The predicted octanol–water partition coefficient (Wildman–Crippen LogP) is 1.14.